The molecule has 1 aliphatic rings. The Kier molecular flexibility index (Phi) is 5.18. The van der Waals surface area contributed by atoms with Crippen LogP contribution >= 0.6 is 0 Å². The molecule has 0 radical (unpaired) electrons. The van der Waals surface area contributed by atoms with Crippen LogP contribution in [-0.4, -0.2) is 75.4 Å². The lowest BCUT2D eigenvalue weighted by Gasteiger charge is -2.18. The third-order valence-electron chi connectivity index (χ3n) is 4.09. The number of carboxylic acids is 1. The molecule has 4 N–H and O–H groups in total. The minimum atomic E-state index is -1.48. The van der Waals surface area contributed by atoms with Crippen LogP contribution in [0.25, 0.3) is 0 Å². The van der Waals surface area contributed by atoms with Gasteiger partial charge in [-0.1, -0.05) is 5.21 Å². The van der Waals surface area contributed by atoms with Gasteiger partial charge in [0, 0.05) is 12.3 Å². The number of rotatable bonds is 6. The fourth-order valence-corrected chi connectivity index (χ4v) is 2.77. The Balaban J connectivity index is 1.90. The van der Waals surface area contributed by atoms with E-state index in [1.807, 2.05) is 0 Å². The van der Waals surface area contributed by atoms with E-state index in [1.165, 1.54) is 6.20 Å². The molecule has 4 atom stereocenters. The summed E-state index contributed by atoms with van der Waals surface area (Å²) in [6, 6.07) is 1.07. The highest BCUT2D eigenvalue weighted by atomic mass is 16.6. The molecular weight excluding hydrogens is 366 g/mol. The Labute approximate surface area is 150 Å². The number of aliphatic hydroxyl groups is 3. The third-order valence-corrected chi connectivity index (χ3v) is 4.09. The molecule has 1 fully saturated rings. The van der Waals surface area contributed by atoms with Crippen molar-refractivity contribution in [3.05, 3.63) is 45.0 Å². The highest BCUT2D eigenvalue weighted by molar-refractivity contribution is 5.66. The van der Waals surface area contributed by atoms with Crippen molar-refractivity contribution in [3.8, 4) is 0 Å². The first kappa shape index (κ1) is 18.9. The zero-order valence-electron chi connectivity index (χ0n) is 13.8. The molecule has 2 aromatic rings. The number of ether oxygens (including phenoxy) is 1. The summed E-state index contributed by atoms with van der Waals surface area (Å²) in [7, 11) is 0. The van der Waals surface area contributed by atoms with Crippen LogP contribution in [0.1, 0.15) is 11.9 Å². The lowest BCUT2D eigenvalue weighted by Crippen LogP contribution is -2.43. The Bertz CT molecular complexity index is 949. The molecule has 0 spiro atoms. The lowest BCUT2D eigenvalue weighted by molar-refractivity contribution is -0.137. The van der Waals surface area contributed by atoms with Crippen LogP contribution in [0.5, 0.6) is 0 Å². The van der Waals surface area contributed by atoms with Gasteiger partial charge in [0.25, 0.3) is 5.56 Å². The van der Waals surface area contributed by atoms with Gasteiger partial charge in [-0.15, -0.1) is 5.10 Å². The topological polar surface area (TPSA) is 182 Å². The van der Waals surface area contributed by atoms with Gasteiger partial charge >= 0.3 is 11.7 Å². The average molecular weight is 383 g/mol. The van der Waals surface area contributed by atoms with Gasteiger partial charge in [-0.25, -0.2) is 9.48 Å². The number of aromatic nitrogens is 5. The fraction of sp³-hybridized carbons (Fsp3) is 0.500. The van der Waals surface area contributed by atoms with Crippen LogP contribution in [0.15, 0.2) is 28.0 Å². The number of aliphatic hydroxyl groups excluding tert-OH is 3. The maximum absolute atomic E-state index is 12.7. The second kappa shape index (κ2) is 7.40. The molecule has 27 heavy (non-hydrogen) atoms. The summed E-state index contributed by atoms with van der Waals surface area (Å²) in [6.07, 6.45) is -2.86. The van der Waals surface area contributed by atoms with Gasteiger partial charge in [0.1, 0.15) is 30.6 Å². The molecule has 3 rings (SSSR count). The summed E-state index contributed by atoms with van der Waals surface area (Å²) < 4.78 is 8.05. The van der Waals surface area contributed by atoms with Gasteiger partial charge in [-0.05, 0) is 0 Å². The van der Waals surface area contributed by atoms with Crippen molar-refractivity contribution in [1.29, 1.82) is 0 Å². The summed E-state index contributed by atoms with van der Waals surface area (Å²) >= 11 is 0. The van der Waals surface area contributed by atoms with Crippen molar-refractivity contribution in [2.45, 2.75) is 37.6 Å². The van der Waals surface area contributed by atoms with Gasteiger partial charge in [0.05, 0.1) is 19.3 Å². The standard InChI is InChI=1S/C14H17N5O8/c20-6-8-11(24)12(25)13(27-8)18-2-1-9(21)19(14(18)26)4-7-3-17(16-15-7)5-10(22)23/h1-3,8,11-13,20,24-25H,4-6H2,(H,22,23)/t8-,11-,12-,13-/m1/s1. The van der Waals surface area contributed by atoms with Gasteiger partial charge in [-0.2, -0.15) is 0 Å². The van der Waals surface area contributed by atoms with E-state index >= 15 is 0 Å². The quantitative estimate of drug-likeness (QED) is 0.388. The molecule has 0 amide bonds. The summed E-state index contributed by atoms with van der Waals surface area (Å²) in [4.78, 5) is 35.4. The normalized spacial score (nSPS) is 25.0. The van der Waals surface area contributed by atoms with Crippen molar-refractivity contribution in [2.24, 2.45) is 0 Å². The van der Waals surface area contributed by atoms with Crippen molar-refractivity contribution >= 4 is 5.97 Å². The van der Waals surface area contributed by atoms with E-state index in [1.54, 1.807) is 0 Å². The smallest absolute Gasteiger partial charge is 0.333 e. The SMILES string of the molecule is O=C(O)Cn1cc(Cn2c(=O)ccn([C@@H]3O[C@H](CO)[C@@H](O)[C@H]3O)c2=O)nn1. The van der Waals surface area contributed by atoms with Crippen LogP contribution < -0.4 is 11.2 Å². The molecule has 146 valence electrons. The van der Waals surface area contributed by atoms with Crippen LogP contribution in [0.4, 0.5) is 0 Å². The van der Waals surface area contributed by atoms with Crippen molar-refractivity contribution in [1.82, 2.24) is 24.1 Å². The van der Waals surface area contributed by atoms with Crippen LogP contribution in [0, 0.1) is 0 Å². The minimum Gasteiger partial charge on any atom is -0.480 e. The zero-order chi connectivity index (χ0) is 19.7. The lowest BCUT2D eigenvalue weighted by atomic mass is 10.1. The Morgan fingerprint density at radius 2 is 2.00 bits per heavy atom. The summed E-state index contributed by atoms with van der Waals surface area (Å²) in [5, 5.41) is 45.1. The number of aliphatic carboxylic acids is 1. The van der Waals surface area contributed by atoms with Gasteiger partial charge in [0.2, 0.25) is 0 Å². The van der Waals surface area contributed by atoms with E-state index in [-0.39, 0.29) is 12.2 Å². The molecule has 13 heteroatoms. The Morgan fingerprint density at radius 3 is 2.63 bits per heavy atom. The van der Waals surface area contributed by atoms with E-state index in [0.717, 1.165) is 26.1 Å². The van der Waals surface area contributed by atoms with Crippen molar-refractivity contribution in [2.75, 3.05) is 6.61 Å². The number of nitrogens with zero attached hydrogens (tertiary/aromatic N) is 5. The van der Waals surface area contributed by atoms with Crippen molar-refractivity contribution in [3.63, 3.8) is 0 Å². The highest BCUT2D eigenvalue weighted by Crippen LogP contribution is 2.27. The third kappa shape index (κ3) is 3.66. The first-order valence-corrected chi connectivity index (χ1v) is 7.87. The predicted molar refractivity (Wildman–Crippen MR) is 84.7 cm³/mol. The zero-order valence-corrected chi connectivity index (χ0v) is 13.8. The summed E-state index contributed by atoms with van der Waals surface area (Å²) in [5.74, 6) is -1.13. The van der Waals surface area contributed by atoms with E-state index in [9.17, 15) is 24.6 Å². The number of hydrogen-bond acceptors (Lipinski definition) is 9. The van der Waals surface area contributed by atoms with E-state index in [4.69, 9.17) is 14.9 Å². The first-order valence-electron chi connectivity index (χ1n) is 7.87. The van der Waals surface area contributed by atoms with E-state index < -0.39 is 54.9 Å². The molecule has 1 saturated heterocycles. The van der Waals surface area contributed by atoms with Crippen LogP contribution in [0.3, 0.4) is 0 Å². The summed E-state index contributed by atoms with van der Waals surface area (Å²) in [5.41, 5.74) is -1.32. The monoisotopic (exact) mass is 383 g/mol. The predicted octanol–water partition coefficient (Wildman–Crippen LogP) is -3.65. The van der Waals surface area contributed by atoms with E-state index in [0.29, 0.717) is 0 Å². The van der Waals surface area contributed by atoms with Gasteiger partial charge in [-0.3, -0.25) is 18.7 Å². The summed E-state index contributed by atoms with van der Waals surface area (Å²) in [6.45, 7) is -1.27. The number of carboxylic acid groups (broad SMARTS) is 1. The minimum absolute atomic E-state index is 0.175. The second-order valence-electron chi connectivity index (χ2n) is 5.96. The molecule has 0 bridgehead atoms. The molecule has 3 heterocycles. The number of carbonyl (C=O) groups is 1. The molecule has 0 unspecified atom stereocenters. The molecule has 2 aromatic heterocycles. The Morgan fingerprint density at radius 1 is 1.26 bits per heavy atom. The number of hydrogen-bond donors (Lipinski definition) is 4. The van der Waals surface area contributed by atoms with Gasteiger partial charge in [0.15, 0.2) is 6.23 Å². The first-order chi connectivity index (χ1) is 12.8. The molecule has 0 saturated carbocycles. The maximum Gasteiger partial charge on any atom is 0.333 e. The highest BCUT2D eigenvalue weighted by Gasteiger charge is 2.43. The van der Waals surface area contributed by atoms with Gasteiger partial charge < -0.3 is 25.2 Å². The van der Waals surface area contributed by atoms with Crippen LogP contribution in [-0.2, 0) is 22.6 Å². The van der Waals surface area contributed by atoms with E-state index in [2.05, 4.69) is 10.3 Å². The molecule has 0 aliphatic carbocycles. The second-order valence-corrected chi connectivity index (χ2v) is 5.96. The largest absolute Gasteiger partial charge is 0.480 e. The maximum atomic E-state index is 12.7. The molecule has 1 aliphatic heterocycles. The molecular formula is C14H17N5O8. The van der Waals surface area contributed by atoms with Crippen LogP contribution in [0.2, 0.25) is 0 Å². The fourth-order valence-electron chi connectivity index (χ4n) is 2.77. The molecule has 13 nitrogen and oxygen atoms in total. The Hall–Kier alpha value is -2.87. The van der Waals surface area contributed by atoms with Crippen molar-refractivity contribution < 1.29 is 30.0 Å². The molecule has 0 aromatic carbocycles. The average Bonchev–Trinajstić information content (AvgIpc) is 3.16.